The van der Waals surface area contributed by atoms with Crippen LogP contribution in [0.3, 0.4) is 0 Å². The van der Waals surface area contributed by atoms with Gasteiger partial charge in [0, 0.05) is 11.9 Å². The minimum Gasteiger partial charge on any atom is -0.325 e. The average Bonchev–Trinajstić information content (AvgIpc) is 2.51. The van der Waals surface area contributed by atoms with Gasteiger partial charge in [-0.3, -0.25) is 9.20 Å². The molecule has 0 saturated heterocycles. The van der Waals surface area contributed by atoms with Gasteiger partial charge in [-0.1, -0.05) is 17.8 Å². The molecule has 0 saturated carbocycles. The highest BCUT2D eigenvalue weighted by Crippen LogP contribution is 2.16. The van der Waals surface area contributed by atoms with Crippen molar-refractivity contribution in [2.24, 2.45) is 0 Å². The molecule has 0 aliphatic heterocycles. The molecule has 7 heteroatoms. The first kappa shape index (κ1) is 17.2. The quantitative estimate of drug-likeness (QED) is 0.729. The van der Waals surface area contributed by atoms with Gasteiger partial charge >= 0.3 is 5.69 Å². The van der Waals surface area contributed by atoms with Gasteiger partial charge < -0.3 is 5.32 Å². The van der Waals surface area contributed by atoms with E-state index in [1.165, 1.54) is 4.40 Å². The van der Waals surface area contributed by atoms with Gasteiger partial charge in [-0.15, -0.1) is 0 Å². The van der Waals surface area contributed by atoms with Crippen molar-refractivity contribution >= 4 is 29.0 Å². The Morgan fingerprint density at radius 2 is 1.80 bits per heavy atom. The number of anilines is 1. The molecule has 0 aliphatic rings. The minimum absolute atomic E-state index is 0.133. The summed E-state index contributed by atoms with van der Waals surface area (Å²) in [6.07, 6.45) is 1.65. The van der Waals surface area contributed by atoms with Crippen LogP contribution in [0.2, 0.25) is 0 Å². The van der Waals surface area contributed by atoms with Crippen molar-refractivity contribution in [1.82, 2.24) is 14.4 Å². The van der Waals surface area contributed by atoms with E-state index in [0.29, 0.717) is 10.8 Å². The van der Waals surface area contributed by atoms with Crippen LogP contribution in [0.15, 0.2) is 46.5 Å². The second kappa shape index (κ2) is 7.06. The lowest BCUT2D eigenvalue weighted by atomic mass is 10.1. The van der Waals surface area contributed by atoms with E-state index < -0.39 is 5.69 Å². The molecule has 0 radical (unpaired) electrons. The first-order chi connectivity index (χ1) is 11.9. The Labute approximate surface area is 149 Å². The average molecular weight is 354 g/mol. The smallest absolute Gasteiger partial charge is 0.325 e. The van der Waals surface area contributed by atoms with Crippen molar-refractivity contribution in [3.05, 3.63) is 63.7 Å². The molecule has 6 nitrogen and oxygen atoms in total. The maximum absolute atomic E-state index is 12.1. The summed E-state index contributed by atoms with van der Waals surface area (Å²) in [6.45, 7) is 5.89. The number of aromatic nitrogens is 3. The number of fused-ring (bicyclic) bond motifs is 1. The Kier molecular flexibility index (Phi) is 4.85. The largest absolute Gasteiger partial charge is 0.355 e. The topological polar surface area (TPSA) is 76.4 Å². The van der Waals surface area contributed by atoms with E-state index in [4.69, 9.17) is 0 Å². The highest BCUT2D eigenvalue weighted by Gasteiger charge is 2.09. The fourth-order valence-electron chi connectivity index (χ4n) is 2.53. The van der Waals surface area contributed by atoms with Crippen LogP contribution >= 0.6 is 11.8 Å². The third-order valence-electron chi connectivity index (χ3n) is 3.54. The molecule has 0 spiro atoms. The van der Waals surface area contributed by atoms with Crippen molar-refractivity contribution < 1.29 is 4.79 Å². The number of benzene rings is 1. The monoisotopic (exact) mass is 354 g/mol. The van der Waals surface area contributed by atoms with Gasteiger partial charge in [-0.25, -0.2) is 9.78 Å². The van der Waals surface area contributed by atoms with Crippen LogP contribution in [0.4, 0.5) is 5.69 Å². The van der Waals surface area contributed by atoms with Crippen LogP contribution in [0, 0.1) is 20.8 Å². The zero-order chi connectivity index (χ0) is 18.0. The van der Waals surface area contributed by atoms with Crippen molar-refractivity contribution in [2.75, 3.05) is 11.1 Å². The summed E-state index contributed by atoms with van der Waals surface area (Å²) in [4.78, 5) is 32.4. The van der Waals surface area contributed by atoms with Gasteiger partial charge in [0.15, 0.2) is 5.16 Å². The fraction of sp³-hybridized carbons (Fsp3) is 0.222. The van der Waals surface area contributed by atoms with E-state index in [1.807, 2.05) is 51.1 Å². The predicted octanol–water partition coefficient (Wildman–Crippen LogP) is 2.75. The maximum Gasteiger partial charge on any atom is 0.355 e. The highest BCUT2D eigenvalue weighted by molar-refractivity contribution is 7.99. The second-order valence-electron chi connectivity index (χ2n) is 5.93. The van der Waals surface area contributed by atoms with Gasteiger partial charge in [0.2, 0.25) is 5.91 Å². The Balaban J connectivity index is 1.71. The molecule has 128 valence electrons. The normalized spacial score (nSPS) is 10.8. The number of carbonyl (C=O) groups is 1. The SMILES string of the molecule is Cc1cc(C)cc(NC(=O)CSc2nc(=O)n3ccc(C)cc3n2)c1. The first-order valence-electron chi connectivity index (χ1n) is 7.79. The molecule has 3 aromatic rings. The van der Waals surface area contributed by atoms with Crippen molar-refractivity contribution in [3.63, 3.8) is 0 Å². The molecule has 1 amide bonds. The van der Waals surface area contributed by atoms with Crippen LogP contribution in [-0.2, 0) is 4.79 Å². The molecule has 3 rings (SSSR count). The predicted molar refractivity (Wildman–Crippen MR) is 99.3 cm³/mol. The Hall–Kier alpha value is -2.67. The Morgan fingerprint density at radius 1 is 1.08 bits per heavy atom. The third-order valence-corrected chi connectivity index (χ3v) is 4.38. The number of hydrogen-bond donors (Lipinski definition) is 1. The number of amides is 1. The van der Waals surface area contributed by atoms with E-state index in [1.54, 1.807) is 6.20 Å². The first-order valence-corrected chi connectivity index (χ1v) is 8.77. The van der Waals surface area contributed by atoms with Crippen LogP contribution in [0.1, 0.15) is 16.7 Å². The summed E-state index contributed by atoms with van der Waals surface area (Å²) < 4.78 is 1.38. The van der Waals surface area contributed by atoms with Gasteiger partial charge in [-0.05, 0) is 61.7 Å². The molecule has 25 heavy (non-hydrogen) atoms. The molecule has 2 heterocycles. The Morgan fingerprint density at radius 3 is 2.52 bits per heavy atom. The van der Waals surface area contributed by atoms with Gasteiger partial charge in [0.1, 0.15) is 5.65 Å². The standard InChI is InChI=1S/C18H18N4O2S/c1-11-4-5-22-15(9-11)20-17(21-18(22)24)25-10-16(23)19-14-7-12(2)6-13(3)8-14/h4-9H,10H2,1-3H3,(H,19,23). The fourth-order valence-corrected chi connectivity index (χ4v) is 3.17. The number of hydrogen-bond acceptors (Lipinski definition) is 5. The molecule has 0 unspecified atom stereocenters. The molecule has 0 aliphatic carbocycles. The summed E-state index contributed by atoms with van der Waals surface area (Å²) in [6, 6.07) is 9.50. The second-order valence-corrected chi connectivity index (χ2v) is 6.88. The van der Waals surface area contributed by atoms with Crippen molar-refractivity contribution in [2.45, 2.75) is 25.9 Å². The van der Waals surface area contributed by atoms with E-state index in [-0.39, 0.29) is 11.7 Å². The summed E-state index contributed by atoms with van der Waals surface area (Å²) in [5.41, 5.74) is 4.06. The lowest BCUT2D eigenvalue weighted by Gasteiger charge is -2.07. The molecule has 0 bridgehead atoms. The number of carbonyl (C=O) groups excluding carboxylic acids is 1. The molecular formula is C18H18N4O2S. The molecule has 2 aromatic heterocycles. The van der Waals surface area contributed by atoms with E-state index in [0.717, 1.165) is 34.1 Å². The van der Waals surface area contributed by atoms with E-state index >= 15 is 0 Å². The molecule has 0 atom stereocenters. The van der Waals surface area contributed by atoms with Crippen LogP contribution in [0.25, 0.3) is 5.65 Å². The highest BCUT2D eigenvalue weighted by atomic mass is 32.2. The molecule has 0 fully saturated rings. The van der Waals surface area contributed by atoms with Crippen LogP contribution < -0.4 is 11.0 Å². The number of rotatable bonds is 4. The lowest BCUT2D eigenvalue weighted by Crippen LogP contribution is -2.20. The van der Waals surface area contributed by atoms with Gasteiger partial charge in [-0.2, -0.15) is 4.98 Å². The molecular weight excluding hydrogens is 336 g/mol. The van der Waals surface area contributed by atoms with Crippen LogP contribution in [-0.4, -0.2) is 26.0 Å². The maximum atomic E-state index is 12.1. The number of pyridine rings is 1. The van der Waals surface area contributed by atoms with Crippen molar-refractivity contribution in [1.29, 1.82) is 0 Å². The number of nitrogens with one attached hydrogen (secondary N) is 1. The zero-order valence-electron chi connectivity index (χ0n) is 14.2. The lowest BCUT2D eigenvalue weighted by molar-refractivity contribution is -0.113. The van der Waals surface area contributed by atoms with Gasteiger partial charge in [0.05, 0.1) is 5.75 Å². The number of nitrogens with zero attached hydrogens (tertiary/aromatic N) is 3. The van der Waals surface area contributed by atoms with E-state index in [9.17, 15) is 9.59 Å². The molecule has 1 N–H and O–H groups in total. The summed E-state index contributed by atoms with van der Waals surface area (Å²) in [5.74, 6) is -0.0305. The summed E-state index contributed by atoms with van der Waals surface area (Å²) in [7, 11) is 0. The third kappa shape index (κ3) is 4.24. The molecule has 1 aromatic carbocycles. The summed E-state index contributed by atoms with van der Waals surface area (Å²) in [5, 5.41) is 3.15. The Bertz CT molecular complexity index is 993. The van der Waals surface area contributed by atoms with Crippen molar-refractivity contribution in [3.8, 4) is 0 Å². The van der Waals surface area contributed by atoms with Crippen LogP contribution in [0.5, 0.6) is 0 Å². The minimum atomic E-state index is -0.401. The summed E-state index contributed by atoms with van der Waals surface area (Å²) >= 11 is 1.14. The number of aryl methyl sites for hydroxylation is 3. The number of thioether (sulfide) groups is 1. The van der Waals surface area contributed by atoms with Gasteiger partial charge in [0.25, 0.3) is 0 Å². The zero-order valence-corrected chi connectivity index (χ0v) is 15.1. The van der Waals surface area contributed by atoms with E-state index in [2.05, 4.69) is 15.3 Å².